The molecule has 0 amide bonds. The van der Waals surface area contributed by atoms with Crippen LogP contribution in [0.3, 0.4) is 0 Å². The fraction of sp³-hybridized carbons (Fsp3) is 0.333. The maximum Gasteiger partial charge on any atom is 0.257 e. The van der Waals surface area contributed by atoms with Gasteiger partial charge in [0.25, 0.3) is 6.20 Å². The number of nitrogens with one attached hydrogen (secondary N) is 1. The number of aromatic nitrogens is 2. The molecule has 0 spiro atoms. The molecule has 0 saturated heterocycles. The minimum Gasteiger partial charge on any atom is -0.481 e. The summed E-state index contributed by atoms with van der Waals surface area (Å²) in [4.78, 5) is 17.3. The molecule has 92 valence electrons. The fourth-order valence-electron chi connectivity index (χ4n) is 1.12. The summed E-state index contributed by atoms with van der Waals surface area (Å²) in [6, 6.07) is 0. The standard InChI is InChI=1S/C9H11ClN4O3/c1-6(8(11-2)5-14(15)16)17-7-3-12-9(10)13-4-7/h3-6,11H,1-2H3. The Hall–Kier alpha value is -1.89. The van der Waals surface area contributed by atoms with Crippen LogP contribution >= 0.6 is 11.6 Å². The molecule has 0 fully saturated rings. The van der Waals surface area contributed by atoms with Gasteiger partial charge in [0.05, 0.1) is 17.3 Å². The zero-order valence-electron chi connectivity index (χ0n) is 9.25. The summed E-state index contributed by atoms with van der Waals surface area (Å²) in [6.07, 6.45) is 3.12. The van der Waals surface area contributed by atoms with E-state index in [1.807, 2.05) is 0 Å². The van der Waals surface area contributed by atoms with Gasteiger partial charge in [-0.05, 0) is 18.5 Å². The molecule has 7 nitrogen and oxygen atoms in total. The Kier molecular flexibility index (Phi) is 4.65. The van der Waals surface area contributed by atoms with Crippen LogP contribution in [0, 0.1) is 10.1 Å². The van der Waals surface area contributed by atoms with Gasteiger partial charge in [-0.2, -0.15) is 0 Å². The lowest BCUT2D eigenvalue weighted by molar-refractivity contribution is -0.404. The van der Waals surface area contributed by atoms with Gasteiger partial charge < -0.3 is 10.1 Å². The highest BCUT2D eigenvalue weighted by atomic mass is 35.5. The zero-order chi connectivity index (χ0) is 12.8. The Morgan fingerprint density at radius 1 is 1.65 bits per heavy atom. The van der Waals surface area contributed by atoms with E-state index in [0.717, 1.165) is 6.20 Å². The number of rotatable bonds is 5. The molecule has 1 unspecified atom stereocenters. The van der Waals surface area contributed by atoms with E-state index in [4.69, 9.17) is 16.3 Å². The topological polar surface area (TPSA) is 90.2 Å². The highest BCUT2D eigenvalue weighted by Gasteiger charge is 2.13. The van der Waals surface area contributed by atoms with Crippen LogP contribution in [0.25, 0.3) is 0 Å². The first kappa shape index (κ1) is 13.2. The number of likely N-dealkylation sites (N-methyl/N-ethyl adjacent to an activating group) is 1. The summed E-state index contributed by atoms with van der Waals surface area (Å²) in [5, 5.41) is 13.2. The van der Waals surface area contributed by atoms with Crippen LogP contribution in [0.1, 0.15) is 6.92 Å². The third-order valence-electron chi connectivity index (χ3n) is 1.88. The molecule has 0 aliphatic carbocycles. The second kappa shape index (κ2) is 6.00. The molecule has 1 N–H and O–H groups in total. The average Bonchev–Trinajstić information content (AvgIpc) is 2.28. The van der Waals surface area contributed by atoms with E-state index in [2.05, 4.69) is 15.3 Å². The molecule has 0 bridgehead atoms. The van der Waals surface area contributed by atoms with Crippen LogP contribution in [0.4, 0.5) is 0 Å². The summed E-state index contributed by atoms with van der Waals surface area (Å²) < 4.78 is 5.40. The number of halogens is 1. The molecule has 17 heavy (non-hydrogen) atoms. The smallest absolute Gasteiger partial charge is 0.257 e. The van der Waals surface area contributed by atoms with E-state index < -0.39 is 11.0 Å². The Morgan fingerprint density at radius 2 is 2.24 bits per heavy atom. The molecule has 1 rings (SSSR count). The van der Waals surface area contributed by atoms with Crippen LogP contribution in [-0.4, -0.2) is 28.0 Å². The van der Waals surface area contributed by atoms with Crippen LogP contribution in [0.15, 0.2) is 24.3 Å². The van der Waals surface area contributed by atoms with Crippen LogP contribution in [0.2, 0.25) is 5.28 Å². The minimum atomic E-state index is -0.552. The molecule has 0 aliphatic rings. The summed E-state index contributed by atoms with van der Waals surface area (Å²) in [6.45, 7) is 1.67. The van der Waals surface area contributed by atoms with E-state index in [1.54, 1.807) is 14.0 Å². The van der Waals surface area contributed by atoms with Crippen molar-refractivity contribution in [3.05, 3.63) is 39.7 Å². The Bertz CT molecular complexity index is 421. The number of nitrogens with zero attached hydrogens (tertiary/aromatic N) is 3. The first-order chi connectivity index (χ1) is 8.02. The normalized spacial score (nSPS) is 13.0. The van der Waals surface area contributed by atoms with Crippen LogP contribution < -0.4 is 10.1 Å². The van der Waals surface area contributed by atoms with Gasteiger partial charge in [0.15, 0.2) is 5.75 Å². The SMILES string of the molecule is CNC(=C[N+](=O)[O-])C(C)Oc1cnc(Cl)nc1. The lowest BCUT2D eigenvalue weighted by Crippen LogP contribution is -2.25. The maximum absolute atomic E-state index is 10.4. The monoisotopic (exact) mass is 258 g/mol. The molecule has 8 heteroatoms. The number of hydrogen-bond donors (Lipinski definition) is 1. The van der Waals surface area contributed by atoms with Gasteiger partial charge >= 0.3 is 0 Å². The van der Waals surface area contributed by atoms with Gasteiger partial charge in [-0.25, -0.2) is 9.97 Å². The van der Waals surface area contributed by atoms with Gasteiger partial charge in [0.1, 0.15) is 11.8 Å². The quantitative estimate of drug-likeness (QED) is 0.485. The maximum atomic E-state index is 10.4. The number of hydrogen-bond acceptors (Lipinski definition) is 6. The molecule has 0 saturated carbocycles. The van der Waals surface area contributed by atoms with Crippen LogP contribution in [0.5, 0.6) is 5.75 Å². The second-order valence-electron chi connectivity index (χ2n) is 3.07. The largest absolute Gasteiger partial charge is 0.481 e. The van der Waals surface area contributed by atoms with Crippen LogP contribution in [-0.2, 0) is 0 Å². The molecular weight excluding hydrogens is 248 g/mol. The summed E-state index contributed by atoms with van der Waals surface area (Å²) >= 11 is 5.52. The minimum absolute atomic E-state index is 0.111. The van der Waals surface area contributed by atoms with Gasteiger partial charge in [-0.3, -0.25) is 10.1 Å². The van der Waals surface area contributed by atoms with Crippen molar-refractivity contribution in [2.45, 2.75) is 13.0 Å². The first-order valence-corrected chi connectivity index (χ1v) is 5.08. The summed E-state index contributed by atoms with van der Waals surface area (Å²) in [7, 11) is 1.58. The van der Waals surface area contributed by atoms with Crippen molar-refractivity contribution in [1.82, 2.24) is 15.3 Å². The lowest BCUT2D eigenvalue weighted by Gasteiger charge is -2.15. The van der Waals surface area contributed by atoms with Crippen molar-refractivity contribution < 1.29 is 9.66 Å². The predicted octanol–water partition coefficient (Wildman–Crippen LogP) is 1.23. The van der Waals surface area contributed by atoms with Crippen molar-refractivity contribution >= 4 is 11.6 Å². The van der Waals surface area contributed by atoms with E-state index in [0.29, 0.717) is 11.4 Å². The first-order valence-electron chi connectivity index (χ1n) is 4.70. The zero-order valence-corrected chi connectivity index (χ0v) is 10.0. The van der Waals surface area contributed by atoms with Crippen molar-refractivity contribution in [3.63, 3.8) is 0 Å². The Labute approximate surface area is 103 Å². The van der Waals surface area contributed by atoms with E-state index in [-0.39, 0.29) is 5.28 Å². The van der Waals surface area contributed by atoms with Gasteiger partial charge in [-0.1, -0.05) is 0 Å². The molecule has 0 aromatic carbocycles. The molecular formula is C9H11ClN4O3. The summed E-state index contributed by atoms with van der Waals surface area (Å²) in [5.74, 6) is 0.381. The second-order valence-corrected chi connectivity index (χ2v) is 3.41. The van der Waals surface area contributed by atoms with E-state index in [1.165, 1.54) is 12.4 Å². The van der Waals surface area contributed by atoms with E-state index in [9.17, 15) is 10.1 Å². The van der Waals surface area contributed by atoms with Gasteiger partial charge in [0.2, 0.25) is 5.28 Å². The van der Waals surface area contributed by atoms with Gasteiger partial charge in [-0.15, -0.1) is 0 Å². The Morgan fingerprint density at radius 3 is 2.71 bits per heavy atom. The number of ether oxygens (including phenoxy) is 1. The average molecular weight is 259 g/mol. The highest BCUT2D eigenvalue weighted by molar-refractivity contribution is 6.28. The molecule has 0 radical (unpaired) electrons. The van der Waals surface area contributed by atoms with Crippen molar-refractivity contribution in [2.24, 2.45) is 0 Å². The third kappa shape index (κ3) is 4.23. The molecule has 1 heterocycles. The van der Waals surface area contributed by atoms with Crippen molar-refractivity contribution in [3.8, 4) is 5.75 Å². The lowest BCUT2D eigenvalue weighted by atomic mass is 10.3. The molecule has 1 atom stereocenters. The van der Waals surface area contributed by atoms with E-state index >= 15 is 0 Å². The molecule has 1 aromatic rings. The predicted molar refractivity (Wildman–Crippen MR) is 61.3 cm³/mol. The fourth-order valence-corrected chi connectivity index (χ4v) is 1.21. The van der Waals surface area contributed by atoms with Crippen molar-refractivity contribution in [2.75, 3.05) is 7.05 Å². The number of nitro groups is 1. The molecule has 1 aromatic heterocycles. The third-order valence-corrected chi connectivity index (χ3v) is 2.08. The Balaban J connectivity index is 2.73. The highest BCUT2D eigenvalue weighted by Crippen LogP contribution is 2.13. The van der Waals surface area contributed by atoms with Gasteiger partial charge in [0, 0.05) is 7.05 Å². The summed E-state index contributed by atoms with van der Waals surface area (Å²) in [5.41, 5.74) is 0.338. The molecule has 0 aliphatic heterocycles. The van der Waals surface area contributed by atoms with Crippen molar-refractivity contribution in [1.29, 1.82) is 0 Å².